The van der Waals surface area contributed by atoms with Gasteiger partial charge in [0.1, 0.15) is 5.75 Å². The lowest BCUT2D eigenvalue weighted by Crippen LogP contribution is -2.47. The quantitative estimate of drug-likeness (QED) is 0.540. The van der Waals surface area contributed by atoms with E-state index in [4.69, 9.17) is 4.74 Å². The summed E-state index contributed by atoms with van der Waals surface area (Å²) < 4.78 is 6.20. The summed E-state index contributed by atoms with van der Waals surface area (Å²) in [6.45, 7) is 8.32. The van der Waals surface area contributed by atoms with E-state index in [9.17, 15) is 9.59 Å². The second-order valence-electron chi connectivity index (χ2n) is 8.75. The van der Waals surface area contributed by atoms with Crippen LogP contribution in [-0.4, -0.2) is 61.4 Å². The van der Waals surface area contributed by atoms with Gasteiger partial charge >= 0.3 is 0 Å². The van der Waals surface area contributed by atoms with Gasteiger partial charge in [-0.15, -0.1) is 0 Å². The lowest BCUT2D eigenvalue weighted by Gasteiger charge is -2.32. The second-order valence-corrected chi connectivity index (χ2v) is 8.75. The molecule has 0 unspecified atom stereocenters. The molecule has 1 aliphatic heterocycles. The molecule has 1 N–H and O–H groups in total. The number of benzene rings is 2. The number of anilines is 1. The van der Waals surface area contributed by atoms with Crippen LogP contribution in [-0.2, 0) is 11.2 Å². The first-order chi connectivity index (χ1) is 16.0. The Morgan fingerprint density at radius 2 is 1.70 bits per heavy atom. The van der Waals surface area contributed by atoms with Gasteiger partial charge in [-0.3, -0.25) is 9.59 Å². The Balaban J connectivity index is 1.50. The van der Waals surface area contributed by atoms with E-state index in [0.717, 1.165) is 68.7 Å². The van der Waals surface area contributed by atoms with Crippen molar-refractivity contribution in [1.82, 2.24) is 9.80 Å². The molecule has 1 saturated heterocycles. The number of amides is 2. The topological polar surface area (TPSA) is 61.9 Å². The summed E-state index contributed by atoms with van der Waals surface area (Å²) in [7, 11) is 2.10. The van der Waals surface area contributed by atoms with E-state index in [1.807, 2.05) is 35.2 Å². The Morgan fingerprint density at radius 3 is 2.39 bits per heavy atom. The molecule has 6 heteroatoms. The molecule has 33 heavy (non-hydrogen) atoms. The summed E-state index contributed by atoms with van der Waals surface area (Å²) in [5.74, 6) is 0.881. The van der Waals surface area contributed by atoms with Crippen LogP contribution in [0.3, 0.4) is 0 Å². The van der Waals surface area contributed by atoms with Gasteiger partial charge in [0.2, 0.25) is 5.91 Å². The zero-order valence-corrected chi connectivity index (χ0v) is 20.2. The number of ether oxygens (including phenoxy) is 1. The second kappa shape index (κ2) is 12.4. The average Bonchev–Trinajstić information content (AvgIpc) is 2.83. The predicted octanol–water partition coefficient (Wildman–Crippen LogP) is 4.52. The molecule has 2 amide bonds. The highest BCUT2D eigenvalue weighted by molar-refractivity contribution is 6.05. The highest BCUT2D eigenvalue weighted by Gasteiger charge is 2.18. The van der Waals surface area contributed by atoms with Crippen molar-refractivity contribution in [2.75, 3.05) is 45.2 Å². The van der Waals surface area contributed by atoms with Gasteiger partial charge in [0.05, 0.1) is 12.3 Å². The van der Waals surface area contributed by atoms with Gasteiger partial charge in [0, 0.05) is 38.2 Å². The number of rotatable bonds is 10. The summed E-state index contributed by atoms with van der Waals surface area (Å²) in [6.07, 6.45) is 4.13. The molecule has 0 spiro atoms. The standard InChI is InChI=1S/C27H37N3O3/c1-4-23-21(2)14-15-24(28-27(32)22-11-7-5-8-12-22)26(23)33-20-10-6-9-13-25(31)30-18-16-29(3)17-19-30/h5,7-8,11-12,14-15H,4,6,9-10,13,16-20H2,1-3H3,(H,28,32). The molecule has 0 aliphatic carbocycles. The van der Waals surface area contributed by atoms with Crippen molar-refractivity contribution in [1.29, 1.82) is 0 Å². The van der Waals surface area contributed by atoms with Gasteiger partial charge < -0.3 is 19.9 Å². The minimum absolute atomic E-state index is 0.145. The molecule has 0 atom stereocenters. The third-order valence-electron chi connectivity index (χ3n) is 6.27. The third-order valence-corrected chi connectivity index (χ3v) is 6.27. The Kier molecular flexibility index (Phi) is 9.31. The maximum Gasteiger partial charge on any atom is 0.255 e. The largest absolute Gasteiger partial charge is 0.491 e. The molecular weight excluding hydrogens is 414 g/mol. The maximum absolute atomic E-state index is 12.7. The molecule has 0 bridgehead atoms. The molecule has 1 aliphatic rings. The van der Waals surface area contributed by atoms with Crippen LogP contribution in [0.25, 0.3) is 0 Å². The number of carbonyl (C=O) groups excluding carboxylic acids is 2. The van der Waals surface area contributed by atoms with Gasteiger partial charge in [-0.2, -0.15) is 0 Å². The number of hydrogen-bond acceptors (Lipinski definition) is 4. The van der Waals surface area contributed by atoms with Crippen LogP contribution in [0, 0.1) is 6.92 Å². The Bertz CT molecular complexity index is 922. The smallest absolute Gasteiger partial charge is 0.255 e. The van der Waals surface area contributed by atoms with Crippen LogP contribution < -0.4 is 10.1 Å². The van der Waals surface area contributed by atoms with Gasteiger partial charge in [-0.05, 0) is 69.0 Å². The van der Waals surface area contributed by atoms with E-state index in [0.29, 0.717) is 24.3 Å². The number of likely N-dealkylation sites (N-methyl/N-ethyl adjacent to an activating group) is 1. The first-order valence-electron chi connectivity index (χ1n) is 12.1. The predicted molar refractivity (Wildman–Crippen MR) is 133 cm³/mol. The highest BCUT2D eigenvalue weighted by Crippen LogP contribution is 2.33. The van der Waals surface area contributed by atoms with Crippen molar-refractivity contribution in [2.45, 2.75) is 46.0 Å². The summed E-state index contributed by atoms with van der Waals surface area (Å²) in [5.41, 5.74) is 3.60. The monoisotopic (exact) mass is 451 g/mol. The molecule has 0 saturated carbocycles. The van der Waals surface area contributed by atoms with Gasteiger partial charge in [0.15, 0.2) is 0 Å². The van der Waals surface area contributed by atoms with Crippen molar-refractivity contribution < 1.29 is 14.3 Å². The molecule has 0 aromatic heterocycles. The molecule has 6 nitrogen and oxygen atoms in total. The normalized spacial score (nSPS) is 14.2. The van der Waals surface area contributed by atoms with E-state index in [1.165, 1.54) is 0 Å². The molecule has 0 radical (unpaired) electrons. The number of nitrogens with zero attached hydrogens (tertiary/aromatic N) is 2. The SMILES string of the molecule is CCc1c(C)ccc(NC(=O)c2ccccc2)c1OCCCCCC(=O)N1CCN(C)CC1. The van der Waals surface area contributed by atoms with E-state index < -0.39 is 0 Å². The van der Waals surface area contributed by atoms with Crippen LogP contribution >= 0.6 is 0 Å². The van der Waals surface area contributed by atoms with Gasteiger partial charge in [-0.1, -0.05) is 31.2 Å². The lowest BCUT2D eigenvalue weighted by atomic mass is 10.0. The third kappa shape index (κ3) is 7.06. The van der Waals surface area contributed by atoms with Crippen molar-refractivity contribution in [3.05, 3.63) is 59.2 Å². The molecule has 2 aromatic rings. The minimum atomic E-state index is -0.145. The summed E-state index contributed by atoms with van der Waals surface area (Å²) in [4.78, 5) is 29.3. The fourth-order valence-electron chi connectivity index (χ4n) is 4.16. The number of carbonyl (C=O) groups is 2. The van der Waals surface area contributed by atoms with E-state index in [2.05, 4.69) is 31.1 Å². The van der Waals surface area contributed by atoms with Crippen molar-refractivity contribution in [2.24, 2.45) is 0 Å². The van der Waals surface area contributed by atoms with Crippen LogP contribution in [0.15, 0.2) is 42.5 Å². The van der Waals surface area contributed by atoms with Gasteiger partial charge in [0.25, 0.3) is 5.91 Å². The van der Waals surface area contributed by atoms with Gasteiger partial charge in [-0.25, -0.2) is 0 Å². The van der Waals surface area contributed by atoms with Crippen LogP contribution in [0.2, 0.25) is 0 Å². The van der Waals surface area contributed by atoms with Crippen LogP contribution in [0.5, 0.6) is 5.75 Å². The first kappa shape index (κ1) is 24.8. The number of unbranched alkanes of at least 4 members (excludes halogenated alkanes) is 2. The number of piperazine rings is 1. The van der Waals surface area contributed by atoms with E-state index in [1.54, 1.807) is 12.1 Å². The lowest BCUT2D eigenvalue weighted by molar-refractivity contribution is -0.132. The van der Waals surface area contributed by atoms with Crippen LogP contribution in [0.1, 0.15) is 54.1 Å². The highest BCUT2D eigenvalue weighted by atomic mass is 16.5. The molecule has 2 aromatic carbocycles. The minimum Gasteiger partial charge on any atom is -0.491 e. The Hall–Kier alpha value is -2.86. The summed E-state index contributed by atoms with van der Waals surface area (Å²) >= 11 is 0. The van der Waals surface area contributed by atoms with E-state index >= 15 is 0 Å². The molecular formula is C27H37N3O3. The van der Waals surface area contributed by atoms with E-state index in [-0.39, 0.29) is 11.8 Å². The van der Waals surface area contributed by atoms with Crippen molar-refractivity contribution >= 4 is 17.5 Å². The number of nitrogens with one attached hydrogen (secondary N) is 1. The fraction of sp³-hybridized carbons (Fsp3) is 0.481. The van der Waals surface area contributed by atoms with Crippen LogP contribution in [0.4, 0.5) is 5.69 Å². The summed E-state index contributed by atoms with van der Waals surface area (Å²) in [6, 6.07) is 13.1. The number of aryl methyl sites for hydroxylation is 1. The maximum atomic E-state index is 12.7. The Labute approximate surface area is 197 Å². The molecule has 3 rings (SSSR count). The van der Waals surface area contributed by atoms with Crippen molar-refractivity contribution in [3.63, 3.8) is 0 Å². The zero-order valence-electron chi connectivity index (χ0n) is 20.2. The summed E-state index contributed by atoms with van der Waals surface area (Å²) in [5, 5.41) is 3.02. The first-order valence-corrected chi connectivity index (χ1v) is 12.1. The fourth-order valence-corrected chi connectivity index (χ4v) is 4.16. The Morgan fingerprint density at radius 1 is 0.970 bits per heavy atom. The molecule has 1 heterocycles. The van der Waals surface area contributed by atoms with Crippen molar-refractivity contribution in [3.8, 4) is 5.75 Å². The number of hydrogen-bond donors (Lipinski definition) is 1. The molecule has 1 fully saturated rings. The average molecular weight is 452 g/mol. The molecule has 178 valence electrons. The zero-order chi connectivity index (χ0) is 23.6.